The number of allylic oxidation sites excluding steroid dienone is 2. The maximum Gasteiger partial charge on any atom is 0.231 e. The number of hydrazine groups is 1. The van der Waals surface area contributed by atoms with Crippen molar-refractivity contribution in [3.05, 3.63) is 52.7 Å². The summed E-state index contributed by atoms with van der Waals surface area (Å²) >= 11 is 6.46. The van der Waals surface area contributed by atoms with Gasteiger partial charge in [0, 0.05) is 30.5 Å². The van der Waals surface area contributed by atoms with E-state index in [1.165, 1.54) is 11.1 Å². The minimum absolute atomic E-state index is 0.0127. The standard InChI is InChI=1S/C28H41ClN4O2/c1-18(2)17-35-27-9-7-24(29)13-23(27)16-33(30)26(20-4-5-20)12-19(3)28(34)32-25-8-6-22-15-31-11-10-21(22)14-25/h6,8,12-14,18-20,24,27,31H,4-5,7,9-11,15-17,30H2,1-3H3,(H,32,34)/b26-12-. The lowest BCUT2D eigenvalue weighted by Crippen LogP contribution is -2.38. The normalized spacial score (nSPS) is 23.5. The van der Waals surface area contributed by atoms with Crippen molar-refractivity contribution in [1.29, 1.82) is 0 Å². The summed E-state index contributed by atoms with van der Waals surface area (Å²) in [6.45, 7) is 9.43. The number of nitrogens with two attached hydrogens (primary N) is 1. The molecule has 0 spiro atoms. The van der Waals surface area contributed by atoms with Crippen LogP contribution in [0.15, 0.2) is 41.6 Å². The van der Waals surface area contributed by atoms with Crippen molar-refractivity contribution in [2.75, 3.05) is 25.0 Å². The minimum atomic E-state index is -0.288. The second-order valence-corrected chi connectivity index (χ2v) is 11.3. The molecule has 1 aromatic rings. The van der Waals surface area contributed by atoms with E-state index in [0.717, 1.165) is 68.8 Å². The number of benzene rings is 1. The number of anilines is 1. The van der Waals surface area contributed by atoms with Crippen LogP contribution in [0.4, 0.5) is 5.69 Å². The van der Waals surface area contributed by atoms with Crippen LogP contribution < -0.4 is 16.5 Å². The molecule has 1 heterocycles. The molecule has 3 atom stereocenters. The Balaban J connectivity index is 1.42. The number of carbonyl (C=O) groups excluding carboxylic acids is 1. The quantitative estimate of drug-likeness (QED) is 0.187. The molecule has 1 amide bonds. The molecule has 3 unspecified atom stereocenters. The second kappa shape index (κ2) is 11.9. The Bertz CT molecular complexity index is 956. The van der Waals surface area contributed by atoms with Gasteiger partial charge in [0.15, 0.2) is 0 Å². The van der Waals surface area contributed by atoms with Crippen LogP contribution in [0.2, 0.25) is 0 Å². The highest BCUT2D eigenvalue weighted by molar-refractivity contribution is 6.21. The van der Waals surface area contributed by atoms with Gasteiger partial charge in [0.1, 0.15) is 0 Å². The Labute approximate surface area is 215 Å². The Morgan fingerprint density at radius 3 is 2.80 bits per heavy atom. The number of fused-ring (bicyclic) bond motifs is 1. The zero-order chi connectivity index (χ0) is 24.9. The number of hydrogen-bond acceptors (Lipinski definition) is 5. The third-order valence-electron chi connectivity index (χ3n) is 7.02. The SMILES string of the molecule is CC(C)COC1CCC(Cl)C=C1CN(N)/C(=C\C(C)C(=O)Nc1ccc2c(c1)CCNC2)C1CC1. The van der Waals surface area contributed by atoms with Crippen LogP contribution in [0.25, 0.3) is 0 Å². The number of hydrogen-bond donors (Lipinski definition) is 3. The van der Waals surface area contributed by atoms with E-state index in [2.05, 4.69) is 42.7 Å². The summed E-state index contributed by atoms with van der Waals surface area (Å²) in [5.41, 5.74) is 5.67. The van der Waals surface area contributed by atoms with Crippen molar-refractivity contribution in [3.63, 3.8) is 0 Å². The molecule has 1 saturated carbocycles. The maximum atomic E-state index is 13.0. The van der Waals surface area contributed by atoms with E-state index in [1.807, 2.05) is 24.1 Å². The van der Waals surface area contributed by atoms with Gasteiger partial charge in [-0.1, -0.05) is 39.0 Å². The first-order valence-corrected chi connectivity index (χ1v) is 13.6. The largest absolute Gasteiger partial charge is 0.374 e. The average Bonchev–Trinajstić information content (AvgIpc) is 3.67. The predicted molar refractivity (Wildman–Crippen MR) is 143 cm³/mol. The summed E-state index contributed by atoms with van der Waals surface area (Å²) in [6.07, 6.45) is 9.25. The molecule has 6 nitrogen and oxygen atoms in total. The van der Waals surface area contributed by atoms with E-state index in [0.29, 0.717) is 18.4 Å². The molecule has 1 aromatic carbocycles. The smallest absolute Gasteiger partial charge is 0.231 e. The highest BCUT2D eigenvalue weighted by Gasteiger charge is 2.32. The molecule has 35 heavy (non-hydrogen) atoms. The fourth-order valence-electron chi connectivity index (χ4n) is 4.85. The summed E-state index contributed by atoms with van der Waals surface area (Å²) in [5, 5.41) is 8.32. The monoisotopic (exact) mass is 500 g/mol. The molecule has 0 aromatic heterocycles. The van der Waals surface area contributed by atoms with Crippen molar-refractivity contribution in [3.8, 4) is 0 Å². The number of carbonyl (C=O) groups is 1. The molecule has 4 N–H and O–H groups in total. The third kappa shape index (κ3) is 7.32. The number of nitrogens with one attached hydrogen (secondary N) is 2. The molecule has 7 heteroatoms. The van der Waals surface area contributed by atoms with Crippen LogP contribution in [0.3, 0.4) is 0 Å². The van der Waals surface area contributed by atoms with E-state index in [-0.39, 0.29) is 23.3 Å². The van der Waals surface area contributed by atoms with E-state index in [9.17, 15) is 4.79 Å². The van der Waals surface area contributed by atoms with E-state index < -0.39 is 0 Å². The summed E-state index contributed by atoms with van der Waals surface area (Å²) in [7, 11) is 0. The van der Waals surface area contributed by atoms with Crippen molar-refractivity contribution >= 4 is 23.2 Å². The lowest BCUT2D eigenvalue weighted by atomic mass is 9.95. The van der Waals surface area contributed by atoms with Crippen molar-refractivity contribution in [2.24, 2.45) is 23.6 Å². The summed E-state index contributed by atoms with van der Waals surface area (Å²) < 4.78 is 6.19. The second-order valence-electron chi connectivity index (χ2n) is 10.7. The maximum absolute atomic E-state index is 13.0. The van der Waals surface area contributed by atoms with Gasteiger partial charge >= 0.3 is 0 Å². The Hall–Kier alpha value is -1.86. The molecule has 0 bridgehead atoms. The van der Waals surface area contributed by atoms with Gasteiger partial charge in [0.25, 0.3) is 0 Å². The molecular formula is C28H41ClN4O2. The fourth-order valence-corrected chi connectivity index (χ4v) is 5.14. The number of amides is 1. The van der Waals surface area contributed by atoms with E-state index in [1.54, 1.807) is 0 Å². The first-order chi connectivity index (χ1) is 16.8. The zero-order valence-electron chi connectivity index (χ0n) is 21.4. The molecule has 1 aliphatic heterocycles. The van der Waals surface area contributed by atoms with Gasteiger partial charge in [0.05, 0.1) is 23.9 Å². The van der Waals surface area contributed by atoms with Gasteiger partial charge in [0.2, 0.25) is 5.91 Å². The molecular weight excluding hydrogens is 460 g/mol. The molecule has 1 fully saturated rings. The van der Waals surface area contributed by atoms with Crippen molar-refractivity contribution in [2.45, 2.75) is 70.9 Å². The predicted octanol–water partition coefficient (Wildman–Crippen LogP) is 4.75. The van der Waals surface area contributed by atoms with Gasteiger partial charge in [-0.3, -0.25) is 4.79 Å². The average molecular weight is 501 g/mol. The first kappa shape index (κ1) is 26.2. The molecule has 192 valence electrons. The molecule has 2 aliphatic carbocycles. The van der Waals surface area contributed by atoms with Crippen LogP contribution in [-0.4, -0.2) is 42.1 Å². The van der Waals surface area contributed by atoms with Crippen LogP contribution in [0.5, 0.6) is 0 Å². The number of rotatable bonds is 10. The lowest BCUT2D eigenvalue weighted by molar-refractivity contribution is -0.118. The number of ether oxygens (including phenoxy) is 1. The van der Waals surface area contributed by atoms with Gasteiger partial charge in [-0.25, -0.2) is 5.84 Å². The van der Waals surface area contributed by atoms with Gasteiger partial charge in [-0.2, -0.15) is 0 Å². The van der Waals surface area contributed by atoms with Crippen LogP contribution in [-0.2, 0) is 22.5 Å². The topological polar surface area (TPSA) is 79.6 Å². The number of nitrogens with zero attached hydrogens (tertiary/aromatic N) is 1. The summed E-state index contributed by atoms with van der Waals surface area (Å²) in [6, 6.07) is 6.21. The third-order valence-corrected chi connectivity index (χ3v) is 7.36. The highest BCUT2D eigenvalue weighted by Crippen LogP contribution is 2.39. The number of halogens is 1. The van der Waals surface area contributed by atoms with E-state index >= 15 is 0 Å². The lowest BCUT2D eigenvalue weighted by Gasteiger charge is -2.32. The van der Waals surface area contributed by atoms with E-state index in [4.69, 9.17) is 22.2 Å². The van der Waals surface area contributed by atoms with Gasteiger partial charge in [-0.05, 0) is 73.4 Å². The van der Waals surface area contributed by atoms with Gasteiger partial charge < -0.3 is 20.4 Å². The zero-order valence-corrected chi connectivity index (χ0v) is 22.1. The Kier molecular flexibility index (Phi) is 8.92. The molecule has 4 rings (SSSR count). The van der Waals surface area contributed by atoms with Crippen LogP contribution in [0.1, 0.15) is 57.6 Å². The Morgan fingerprint density at radius 2 is 2.06 bits per heavy atom. The minimum Gasteiger partial charge on any atom is -0.374 e. The van der Waals surface area contributed by atoms with Crippen molar-refractivity contribution < 1.29 is 9.53 Å². The van der Waals surface area contributed by atoms with Crippen LogP contribution in [0, 0.1) is 17.8 Å². The summed E-state index contributed by atoms with van der Waals surface area (Å²) in [5.74, 6) is 7.21. The fraction of sp³-hybridized carbons (Fsp3) is 0.607. The van der Waals surface area contributed by atoms with Crippen LogP contribution >= 0.6 is 11.6 Å². The first-order valence-electron chi connectivity index (χ1n) is 13.1. The number of alkyl halides is 1. The molecule has 3 aliphatic rings. The molecule has 0 radical (unpaired) electrons. The highest BCUT2D eigenvalue weighted by atomic mass is 35.5. The van der Waals surface area contributed by atoms with Crippen molar-refractivity contribution in [1.82, 2.24) is 10.3 Å². The summed E-state index contributed by atoms with van der Waals surface area (Å²) in [4.78, 5) is 13.0. The molecule has 0 saturated heterocycles. The van der Waals surface area contributed by atoms with Gasteiger partial charge in [-0.15, -0.1) is 11.6 Å². The Morgan fingerprint density at radius 1 is 1.26 bits per heavy atom.